The molecule has 0 aliphatic rings. The number of benzene rings is 1. The maximum Gasteiger partial charge on any atom is 0.0681 e. The van der Waals surface area contributed by atoms with Crippen LogP contribution >= 0.6 is 0 Å². The highest BCUT2D eigenvalue weighted by atomic mass is 16.3. The molecule has 1 rings (SSSR count). The number of aliphatic hydroxyl groups excluding tert-OH is 1. The highest BCUT2D eigenvalue weighted by Gasteiger charge is 1.93. The molecule has 0 aliphatic carbocycles. The molecule has 0 bridgehead atoms. The first-order valence-electron chi connectivity index (χ1n) is 6.80. The molecule has 0 saturated heterocycles. The first-order chi connectivity index (χ1) is 8.36. The van der Waals surface area contributed by atoms with Gasteiger partial charge in [0.2, 0.25) is 0 Å². The summed E-state index contributed by atoms with van der Waals surface area (Å²) in [5.41, 5.74) is 2.12. The lowest BCUT2D eigenvalue weighted by Crippen LogP contribution is -2.01. The van der Waals surface area contributed by atoms with E-state index in [1.165, 1.54) is 38.5 Å². The lowest BCUT2D eigenvalue weighted by Gasteiger charge is -2.06. The number of hydrogen-bond donors (Lipinski definition) is 2. The van der Waals surface area contributed by atoms with Gasteiger partial charge in [-0.1, -0.05) is 51.2 Å². The molecule has 0 aliphatic heterocycles. The first-order valence-corrected chi connectivity index (χ1v) is 6.80. The van der Waals surface area contributed by atoms with E-state index in [0.29, 0.717) is 0 Å². The molecule has 0 aromatic heterocycles. The molecule has 0 spiro atoms. The third-order valence-corrected chi connectivity index (χ3v) is 3.00. The molecular formula is C15H25NO. The zero-order valence-electron chi connectivity index (χ0n) is 10.9. The molecule has 0 unspecified atom stereocenters. The zero-order valence-corrected chi connectivity index (χ0v) is 10.9. The van der Waals surface area contributed by atoms with Crippen LogP contribution in [0.3, 0.4) is 0 Å². The zero-order chi connectivity index (χ0) is 12.3. The second kappa shape index (κ2) is 9.06. The summed E-state index contributed by atoms with van der Waals surface area (Å²) in [6, 6.07) is 7.98. The number of nitrogens with one attached hydrogen (secondary N) is 1. The molecule has 96 valence electrons. The molecule has 0 radical (unpaired) electrons. The fourth-order valence-electron chi connectivity index (χ4n) is 1.87. The molecule has 2 N–H and O–H groups in total. The van der Waals surface area contributed by atoms with Crippen LogP contribution in [0.2, 0.25) is 0 Å². The fraction of sp³-hybridized carbons (Fsp3) is 0.600. The number of anilines is 1. The van der Waals surface area contributed by atoms with Crippen molar-refractivity contribution in [2.75, 3.05) is 11.9 Å². The number of rotatable bonds is 9. The van der Waals surface area contributed by atoms with Crippen molar-refractivity contribution in [3.05, 3.63) is 29.8 Å². The Kier molecular flexibility index (Phi) is 7.48. The highest BCUT2D eigenvalue weighted by molar-refractivity contribution is 5.44. The molecule has 2 nitrogen and oxygen atoms in total. The average Bonchev–Trinajstić information content (AvgIpc) is 2.38. The normalized spacial score (nSPS) is 10.5. The molecule has 0 atom stereocenters. The summed E-state index contributed by atoms with van der Waals surface area (Å²) in [5, 5.41) is 12.3. The van der Waals surface area contributed by atoms with Crippen LogP contribution in [-0.2, 0) is 6.61 Å². The van der Waals surface area contributed by atoms with Crippen molar-refractivity contribution in [1.82, 2.24) is 0 Å². The van der Waals surface area contributed by atoms with Gasteiger partial charge in [0.1, 0.15) is 0 Å². The summed E-state index contributed by atoms with van der Waals surface area (Å²) in [7, 11) is 0. The summed E-state index contributed by atoms with van der Waals surface area (Å²) in [4.78, 5) is 0. The fourth-order valence-corrected chi connectivity index (χ4v) is 1.87. The van der Waals surface area contributed by atoms with Gasteiger partial charge in [-0.15, -0.1) is 0 Å². The van der Waals surface area contributed by atoms with Crippen LogP contribution in [0.1, 0.15) is 51.0 Å². The van der Waals surface area contributed by atoms with Gasteiger partial charge < -0.3 is 10.4 Å². The second-order valence-electron chi connectivity index (χ2n) is 4.55. The van der Waals surface area contributed by atoms with Gasteiger partial charge in [-0.25, -0.2) is 0 Å². The van der Waals surface area contributed by atoms with Crippen LogP contribution < -0.4 is 5.32 Å². The van der Waals surface area contributed by atoms with Crippen molar-refractivity contribution in [3.8, 4) is 0 Å². The Morgan fingerprint density at radius 3 is 2.24 bits per heavy atom. The van der Waals surface area contributed by atoms with Crippen molar-refractivity contribution >= 4 is 5.69 Å². The standard InChI is InChI=1S/C15H25NO/c1-2-3-4-5-6-7-12-16-15-10-8-14(13-17)9-11-15/h8-11,16-17H,2-7,12-13H2,1H3. The molecule has 0 amide bonds. The Balaban J connectivity index is 2.05. The van der Waals surface area contributed by atoms with Crippen LogP contribution in [0.5, 0.6) is 0 Å². The monoisotopic (exact) mass is 235 g/mol. The predicted molar refractivity (Wildman–Crippen MR) is 74.2 cm³/mol. The number of aliphatic hydroxyl groups is 1. The minimum Gasteiger partial charge on any atom is -0.392 e. The molecule has 1 aromatic carbocycles. The largest absolute Gasteiger partial charge is 0.392 e. The Morgan fingerprint density at radius 1 is 0.941 bits per heavy atom. The smallest absolute Gasteiger partial charge is 0.0681 e. The Morgan fingerprint density at radius 2 is 1.59 bits per heavy atom. The van der Waals surface area contributed by atoms with Gasteiger partial charge in [0, 0.05) is 12.2 Å². The molecular weight excluding hydrogens is 210 g/mol. The van der Waals surface area contributed by atoms with Crippen molar-refractivity contribution < 1.29 is 5.11 Å². The number of unbranched alkanes of at least 4 members (excludes halogenated alkanes) is 5. The average molecular weight is 235 g/mol. The molecule has 2 heteroatoms. The lowest BCUT2D eigenvalue weighted by molar-refractivity contribution is 0.282. The van der Waals surface area contributed by atoms with E-state index in [1.807, 2.05) is 24.3 Å². The van der Waals surface area contributed by atoms with Crippen molar-refractivity contribution in [1.29, 1.82) is 0 Å². The van der Waals surface area contributed by atoms with E-state index in [1.54, 1.807) is 0 Å². The second-order valence-corrected chi connectivity index (χ2v) is 4.55. The Labute approximate surface area is 105 Å². The maximum atomic E-state index is 8.92. The number of hydrogen-bond acceptors (Lipinski definition) is 2. The van der Waals surface area contributed by atoms with Gasteiger partial charge >= 0.3 is 0 Å². The first kappa shape index (κ1) is 14.0. The van der Waals surface area contributed by atoms with E-state index >= 15 is 0 Å². The van der Waals surface area contributed by atoms with E-state index in [9.17, 15) is 0 Å². The molecule has 0 fully saturated rings. The van der Waals surface area contributed by atoms with Crippen LogP contribution in [0.25, 0.3) is 0 Å². The van der Waals surface area contributed by atoms with E-state index in [2.05, 4.69) is 12.2 Å². The topological polar surface area (TPSA) is 32.3 Å². The molecule has 1 aromatic rings. The SMILES string of the molecule is CCCCCCCCNc1ccc(CO)cc1. The minimum atomic E-state index is 0.123. The van der Waals surface area contributed by atoms with E-state index < -0.39 is 0 Å². The third kappa shape index (κ3) is 6.32. The summed E-state index contributed by atoms with van der Waals surface area (Å²) >= 11 is 0. The van der Waals surface area contributed by atoms with E-state index in [0.717, 1.165) is 17.8 Å². The van der Waals surface area contributed by atoms with Gasteiger partial charge in [0.15, 0.2) is 0 Å². The predicted octanol–water partition coefficient (Wildman–Crippen LogP) is 3.95. The van der Waals surface area contributed by atoms with Crippen molar-refractivity contribution in [3.63, 3.8) is 0 Å². The van der Waals surface area contributed by atoms with Crippen molar-refractivity contribution in [2.24, 2.45) is 0 Å². The van der Waals surface area contributed by atoms with Gasteiger partial charge in [-0.3, -0.25) is 0 Å². The summed E-state index contributed by atoms with van der Waals surface area (Å²) in [5.74, 6) is 0. The van der Waals surface area contributed by atoms with E-state index in [4.69, 9.17) is 5.11 Å². The molecule has 0 heterocycles. The van der Waals surface area contributed by atoms with Gasteiger partial charge in [-0.05, 0) is 24.1 Å². The lowest BCUT2D eigenvalue weighted by atomic mass is 10.1. The quantitative estimate of drug-likeness (QED) is 0.635. The maximum absolute atomic E-state index is 8.92. The molecule has 17 heavy (non-hydrogen) atoms. The van der Waals surface area contributed by atoms with Gasteiger partial charge in [0.05, 0.1) is 6.61 Å². The Bertz CT molecular complexity index is 281. The minimum absolute atomic E-state index is 0.123. The van der Waals surface area contributed by atoms with Crippen molar-refractivity contribution in [2.45, 2.75) is 52.1 Å². The molecule has 0 saturated carbocycles. The summed E-state index contributed by atoms with van der Waals surface area (Å²) in [6.45, 7) is 3.42. The third-order valence-electron chi connectivity index (χ3n) is 3.00. The van der Waals surface area contributed by atoms with Crippen LogP contribution in [0.15, 0.2) is 24.3 Å². The highest BCUT2D eigenvalue weighted by Crippen LogP contribution is 2.10. The Hall–Kier alpha value is -1.02. The van der Waals surface area contributed by atoms with E-state index in [-0.39, 0.29) is 6.61 Å². The van der Waals surface area contributed by atoms with Crippen LogP contribution in [-0.4, -0.2) is 11.7 Å². The summed E-state index contributed by atoms with van der Waals surface area (Å²) < 4.78 is 0. The van der Waals surface area contributed by atoms with Gasteiger partial charge in [0.25, 0.3) is 0 Å². The van der Waals surface area contributed by atoms with Crippen LogP contribution in [0.4, 0.5) is 5.69 Å². The van der Waals surface area contributed by atoms with Crippen LogP contribution in [0, 0.1) is 0 Å². The van der Waals surface area contributed by atoms with Gasteiger partial charge in [-0.2, -0.15) is 0 Å². The summed E-state index contributed by atoms with van der Waals surface area (Å²) in [6.07, 6.45) is 7.99.